The summed E-state index contributed by atoms with van der Waals surface area (Å²) in [4.78, 5) is -0.397. The van der Waals surface area contributed by atoms with E-state index in [0.717, 1.165) is 38.8 Å². The molecule has 0 radical (unpaired) electrons. The summed E-state index contributed by atoms with van der Waals surface area (Å²) in [5.74, 6) is 0. The van der Waals surface area contributed by atoms with Crippen LogP contribution >= 0.6 is 46.4 Å². The third-order valence-corrected chi connectivity index (χ3v) is 3.42. The summed E-state index contributed by atoms with van der Waals surface area (Å²) in [7, 11) is 0. The minimum absolute atomic E-state index is 0.198. The highest BCUT2D eigenvalue weighted by atomic mass is 35.5. The van der Waals surface area contributed by atoms with Crippen LogP contribution in [-0.4, -0.2) is 22.8 Å². The molecule has 0 aromatic rings. The fraction of sp³-hybridized carbons (Fsp3) is 1.00. The van der Waals surface area contributed by atoms with Crippen LogP contribution in [0.15, 0.2) is 0 Å². The van der Waals surface area contributed by atoms with Gasteiger partial charge in [-0.25, -0.2) is 0 Å². The van der Waals surface area contributed by atoms with Crippen molar-refractivity contribution in [2.24, 2.45) is 0 Å². The maximum absolute atomic E-state index is 5.64. The molecule has 0 aromatic carbocycles. The van der Waals surface area contributed by atoms with Crippen molar-refractivity contribution in [1.29, 1.82) is 0 Å². The molecule has 0 saturated heterocycles. The van der Waals surface area contributed by atoms with Gasteiger partial charge < -0.3 is 5.32 Å². The number of nitrogens with one attached hydrogen (secondary N) is 1. The van der Waals surface area contributed by atoms with Gasteiger partial charge in [-0.3, -0.25) is 0 Å². The van der Waals surface area contributed by atoms with Gasteiger partial charge in [0.25, 0.3) is 0 Å². The van der Waals surface area contributed by atoms with Gasteiger partial charge in [-0.05, 0) is 38.8 Å². The second-order valence-corrected chi connectivity index (χ2v) is 6.78. The number of halogens is 4. The molecule has 0 saturated carbocycles. The van der Waals surface area contributed by atoms with Gasteiger partial charge in [0, 0.05) is 0 Å². The van der Waals surface area contributed by atoms with Crippen molar-refractivity contribution in [3.05, 3.63) is 0 Å². The summed E-state index contributed by atoms with van der Waals surface area (Å²) in [5, 5.41) is 3.43. The lowest BCUT2D eigenvalue weighted by Gasteiger charge is -2.05. The van der Waals surface area contributed by atoms with Gasteiger partial charge in [0.15, 0.2) is 0 Å². The third-order valence-electron chi connectivity index (χ3n) is 2.55. The fourth-order valence-electron chi connectivity index (χ4n) is 1.58. The van der Waals surface area contributed by atoms with E-state index >= 15 is 0 Å². The Balaban J connectivity index is 2.94. The molecule has 0 rings (SSSR count). The number of alkyl halides is 4. The maximum Gasteiger partial charge on any atom is 0.107 e. The molecule has 5 heteroatoms. The van der Waals surface area contributed by atoms with E-state index in [1.807, 2.05) is 0 Å². The first kappa shape index (κ1) is 18.1. The highest BCUT2D eigenvalue weighted by molar-refractivity contribution is 6.44. The molecular formula is C12H23Cl4N. The van der Waals surface area contributed by atoms with Crippen molar-refractivity contribution in [3.63, 3.8) is 0 Å². The van der Waals surface area contributed by atoms with Crippen molar-refractivity contribution < 1.29 is 0 Å². The van der Waals surface area contributed by atoms with Crippen molar-refractivity contribution in [2.45, 2.75) is 61.0 Å². The number of hydrogen-bond donors (Lipinski definition) is 1. The lowest BCUT2D eigenvalue weighted by molar-refractivity contribution is 0.562. The summed E-state index contributed by atoms with van der Waals surface area (Å²) >= 11 is 22.6. The molecule has 0 amide bonds. The van der Waals surface area contributed by atoms with Crippen LogP contribution in [0.1, 0.15) is 51.4 Å². The van der Waals surface area contributed by atoms with Crippen LogP contribution < -0.4 is 5.32 Å². The highest BCUT2D eigenvalue weighted by Gasteiger charge is 1.98. The largest absolute Gasteiger partial charge is 0.317 e. The zero-order valence-electron chi connectivity index (χ0n) is 10.2. The SMILES string of the molecule is ClC(Cl)CCCCCNCCCCCC(Cl)Cl. The minimum atomic E-state index is -0.198. The van der Waals surface area contributed by atoms with E-state index in [-0.39, 0.29) is 9.67 Å². The highest BCUT2D eigenvalue weighted by Crippen LogP contribution is 2.12. The van der Waals surface area contributed by atoms with E-state index in [0.29, 0.717) is 0 Å². The molecule has 17 heavy (non-hydrogen) atoms. The van der Waals surface area contributed by atoms with Gasteiger partial charge in [-0.15, -0.1) is 46.4 Å². The van der Waals surface area contributed by atoms with Crippen LogP contribution in [0.5, 0.6) is 0 Å². The summed E-state index contributed by atoms with van der Waals surface area (Å²) in [5.41, 5.74) is 0. The van der Waals surface area contributed by atoms with Crippen LogP contribution in [0, 0.1) is 0 Å². The monoisotopic (exact) mass is 321 g/mol. The van der Waals surface area contributed by atoms with Crippen LogP contribution in [0.4, 0.5) is 0 Å². The average molecular weight is 323 g/mol. The Hall–Kier alpha value is 1.12. The quantitative estimate of drug-likeness (QED) is 0.379. The second-order valence-electron chi connectivity index (χ2n) is 4.23. The van der Waals surface area contributed by atoms with Crippen LogP contribution in [-0.2, 0) is 0 Å². The van der Waals surface area contributed by atoms with Gasteiger partial charge in [0.05, 0.1) is 0 Å². The summed E-state index contributed by atoms with van der Waals surface area (Å²) in [6.07, 6.45) is 8.84. The van der Waals surface area contributed by atoms with Crippen LogP contribution in [0.2, 0.25) is 0 Å². The second kappa shape index (κ2) is 13.5. The van der Waals surface area contributed by atoms with E-state index in [1.165, 1.54) is 25.7 Å². The molecule has 0 atom stereocenters. The summed E-state index contributed by atoms with van der Waals surface area (Å²) in [6.45, 7) is 2.17. The Morgan fingerprint density at radius 1 is 0.588 bits per heavy atom. The van der Waals surface area contributed by atoms with Crippen LogP contribution in [0.3, 0.4) is 0 Å². The number of rotatable bonds is 12. The molecule has 0 bridgehead atoms. The first-order valence-electron chi connectivity index (χ1n) is 6.40. The van der Waals surface area contributed by atoms with E-state index in [4.69, 9.17) is 46.4 Å². The molecule has 0 unspecified atom stereocenters. The summed E-state index contributed by atoms with van der Waals surface area (Å²) < 4.78 is 0. The van der Waals surface area contributed by atoms with Gasteiger partial charge in [-0.1, -0.05) is 25.7 Å². The zero-order chi connectivity index (χ0) is 12.9. The van der Waals surface area contributed by atoms with Crippen molar-refractivity contribution in [2.75, 3.05) is 13.1 Å². The predicted molar refractivity (Wildman–Crippen MR) is 80.8 cm³/mol. The first-order chi connectivity index (χ1) is 8.13. The van der Waals surface area contributed by atoms with Crippen LogP contribution in [0.25, 0.3) is 0 Å². The summed E-state index contributed by atoms with van der Waals surface area (Å²) in [6, 6.07) is 0. The lowest BCUT2D eigenvalue weighted by atomic mass is 10.2. The Morgan fingerprint density at radius 3 is 1.35 bits per heavy atom. The van der Waals surface area contributed by atoms with E-state index < -0.39 is 0 Å². The molecule has 0 spiro atoms. The molecule has 0 aliphatic rings. The predicted octanol–water partition coefficient (Wildman–Crippen LogP) is 5.30. The van der Waals surface area contributed by atoms with Gasteiger partial charge in [0.2, 0.25) is 0 Å². The number of hydrogen-bond acceptors (Lipinski definition) is 1. The molecule has 0 aromatic heterocycles. The van der Waals surface area contributed by atoms with E-state index in [2.05, 4.69) is 5.32 Å². The fourth-order valence-corrected chi connectivity index (χ4v) is 2.19. The Kier molecular flexibility index (Phi) is 14.4. The minimum Gasteiger partial charge on any atom is -0.317 e. The van der Waals surface area contributed by atoms with Gasteiger partial charge in [-0.2, -0.15) is 0 Å². The Bertz CT molecular complexity index is 137. The molecule has 0 fully saturated rings. The molecule has 0 aliphatic carbocycles. The molecule has 1 nitrogen and oxygen atoms in total. The maximum atomic E-state index is 5.64. The van der Waals surface area contributed by atoms with Crippen molar-refractivity contribution in [3.8, 4) is 0 Å². The molecule has 0 heterocycles. The van der Waals surface area contributed by atoms with Crippen molar-refractivity contribution >= 4 is 46.4 Å². The molecule has 1 N–H and O–H groups in total. The molecule has 0 aliphatic heterocycles. The molecular weight excluding hydrogens is 300 g/mol. The first-order valence-corrected chi connectivity index (χ1v) is 8.14. The zero-order valence-corrected chi connectivity index (χ0v) is 13.3. The van der Waals surface area contributed by atoms with E-state index in [1.54, 1.807) is 0 Å². The third kappa shape index (κ3) is 17.1. The smallest absolute Gasteiger partial charge is 0.107 e. The van der Waals surface area contributed by atoms with E-state index in [9.17, 15) is 0 Å². The number of unbranched alkanes of at least 4 members (excludes halogenated alkanes) is 4. The van der Waals surface area contributed by atoms with Gasteiger partial charge >= 0.3 is 0 Å². The standard InChI is InChI=1S/C12H23Cl4N/c13-11(14)7-3-1-5-9-17-10-6-2-4-8-12(15)16/h11-12,17H,1-10H2. The lowest BCUT2D eigenvalue weighted by Crippen LogP contribution is -2.16. The topological polar surface area (TPSA) is 12.0 Å². The molecule has 104 valence electrons. The normalized spacial score (nSPS) is 11.6. The average Bonchev–Trinajstić information content (AvgIpc) is 2.25. The Morgan fingerprint density at radius 2 is 1.00 bits per heavy atom. The van der Waals surface area contributed by atoms with Crippen molar-refractivity contribution in [1.82, 2.24) is 5.32 Å². The Labute approximate surface area is 126 Å². The van der Waals surface area contributed by atoms with Gasteiger partial charge in [0.1, 0.15) is 9.67 Å².